The zero-order chi connectivity index (χ0) is 45.9. The highest BCUT2D eigenvalue weighted by Gasteiger charge is 2.25. The van der Waals surface area contributed by atoms with Gasteiger partial charge in [0.05, 0.1) is 31.8 Å². The van der Waals surface area contributed by atoms with Gasteiger partial charge in [-0.1, -0.05) is 12.1 Å². The second-order valence-corrected chi connectivity index (χ2v) is 13.7. The van der Waals surface area contributed by atoms with E-state index in [2.05, 4.69) is 47.0 Å². The van der Waals surface area contributed by atoms with Crippen LogP contribution < -0.4 is 36.1 Å². The molecule has 4 aromatic carbocycles. The summed E-state index contributed by atoms with van der Waals surface area (Å²) in [5.74, 6) is -5.25. The van der Waals surface area contributed by atoms with Crippen molar-refractivity contribution in [2.45, 2.75) is 19.4 Å². The Labute approximate surface area is 363 Å². The van der Waals surface area contributed by atoms with Crippen LogP contribution in [0, 0.1) is 0 Å². The lowest BCUT2D eigenvalue weighted by Gasteiger charge is -2.18. The van der Waals surface area contributed by atoms with Crippen molar-refractivity contribution < 1.29 is 53.6 Å². The average molecular weight is 870 g/mol. The van der Waals surface area contributed by atoms with Crippen molar-refractivity contribution in [3.05, 3.63) is 142 Å². The van der Waals surface area contributed by atoms with Crippen molar-refractivity contribution in [1.82, 2.24) is 25.7 Å². The van der Waals surface area contributed by atoms with E-state index >= 15 is 0 Å². The second kappa shape index (κ2) is 20.0. The first-order valence-corrected chi connectivity index (χ1v) is 19.0. The van der Waals surface area contributed by atoms with Gasteiger partial charge in [-0.15, -0.1) is 0 Å². The number of phenolic OH excluding ortho intramolecular Hbond substituents is 1. The van der Waals surface area contributed by atoms with Crippen LogP contribution in [-0.4, -0.2) is 91.5 Å². The number of methoxy groups -OCH3 is 2. The Morgan fingerprint density at radius 1 is 0.719 bits per heavy atom. The van der Waals surface area contributed by atoms with Crippen LogP contribution in [0.3, 0.4) is 0 Å². The van der Waals surface area contributed by atoms with Crippen LogP contribution in [0.2, 0.25) is 0 Å². The normalized spacial score (nSPS) is 11.4. The molecule has 326 valence electrons. The standard InChI is InChI=1S/C44H39N9O11/c1-23(20-24-4-14-30(54)15-5-24)38(56)46-27-10-6-26(7-11-27)40(58)50-35(21-29-22-45-53-52-29)42(60)47-28-12-8-25(9-13-28)39(57)49-34-19-18-33(51-43(34)64-3)41(59)48-32-17-16-31(44(61)62)36(55)37(32)63-2/h4-20,22,35,54-55H,21H2,1-3H3,(H,46,56)(H,47,60)(H,48,59)(H,49,57)(H,50,58)(H,61,62)(H,45,52,53)/b23-20+. The Morgan fingerprint density at radius 3 is 1.95 bits per heavy atom. The van der Waals surface area contributed by atoms with Crippen molar-refractivity contribution in [2.24, 2.45) is 0 Å². The Hall–Kier alpha value is -9.07. The van der Waals surface area contributed by atoms with Gasteiger partial charge < -0.3 is 51.4 Å². The molecule has 64 heavy (non-hydrogen) atoms. The number of amides is 5. The number of carboxylic acids is 1. The van der Waals surface area contributed by atoms with Crippen LogP contribution >= 0.6 is 0 Å². The molecule has 5 amide bonds. The van der Waals surface area contributed by atoms with Gasteiger partial charge in [0.2, 0.25) is 11.8 Å². The molecular weight excluding hydrogens is 831 g/mol. The van der Waals surface area contributed by atoms with Crippen molar-refractivity contribution in [1.29, 1.82) is 0 Å². The number of nitrogens with one attached hydrogen (secondary N) is 6. The largest absolute Gasteiger partial charge is 0.508 e. The molecule has 6 aromatic rings. The fraction of sp³-hybridized carbons (Fsp3) is 0.114. The minimum absolute atomic E-state index is 0.0245. The summed E-state index contributed by atoms with van der Waals surface area (Å²) in [5.41, 5.74) is 2.15. The minimum atomic E-state index is -1.40. The first kappa shape index (κ1) is 44.5. The summed E-state index contributed by atoms with van der Waals surface area (Å²) >= 11 is 0. The van der Waals surface area contributed by atoms with Crippen molar-refractivity contribution in [3.8, 4) is 23.1 Å². The van der Waals surface area contributed by atoms with Crippen LogP contribution in [-0.2, 0) is 16.0 Å². The zero-order valence-corrected chi connectivity index (χ0v) is 34.1. The van der Waals surface area contributed by atoms with E-state index in [0.717, 1.165) is 11.6 Å². The van der Waals surface area contributed by atoms with Crippen LogP contribution in [0.5, 0.6) is 23.1 Å². The lowest BCUT2D eigenvalue weighted by atomic mass is 10.1. The Bertz CT molecular complexity index is 2740. The zero-order valence-electron chi connectivity index (χ0n) is 34.1. The number of benzene rings is 4. The molecule has 1 unspecified atom stereocenters. The third-order valence-corrected chi connectivity index (χ3v) is 9.30. The number of aromatic carboxylic acids is 1. The predicted molar refractivity (Wildman–Crippen MR) is 232 cm³/mol. The van der Waals surface area contributed by atoms with Crippen LogP contribution in [0.15, 0.2) is 109 Å². The molecule has 20 nitrogen and oxygen atoms in total. The van der Waals surface area contributed by atoms with Crippen LogP contribution in [0.25, 0.3) is 6.08 Å². The van der Waals surface area contributed by atoms with Gasteiger partial charge in [0, 0.05) is 34.5 Å². The number of hydrogen-bond acceptors (Lipinski definition) is 13. The van der Waals surface area contributed by atoms with Gasteiger partial charge in [-0.2, -0.15) is 15.4 Å². The molecule has 0 aliphatic heterocycles. The van der Waals surface area contributed by atoms with Crippen molar-refractivity contribution in [3.63, 3.8) is 0 Å². The molecule has 0 saturated carbocycles. The maximum absolute atomic E-state index is 13.6. The van der Waals surface area contributed by atoms with Crippen molar-refractivity contribution >= 4 is 64.3 Å². The van der Waals surface area contributed by atoms with Gasteiger partial charge in [-0.05, 0) is 103 Å². The van der Waals surface area contributed by atoms with Gasteiger partial charge in [0.15, 0.2) is 11.5 Å². The third-order valence-electron chi connectivity index (χ3n) is 9.30. The van der Waals surface area contributed by atoms with Crippen molar-refractivity contribution in [2.75, 3.05) is 35.5 Å². The fourth-order valence-corrected chi connectivity index (χ4v) is 5.99. The Balaban J connectivity index is 1.07. The van der Waals surface area contributed by atoms with Gasteiger partial charge in [0.1, 0.15) is 28.7 Å². The molecule has 0 aliphatic carbocycles. The van der Waals surface area contributed by atoms with Gasteiger partial charge in [0.25, 0.3) is 23.6 Å². The number of phenols is 2. The predicted octanol–water partition coefficient (Wildman–Crippen LogP) is 4.85. The van der Waals surface area contributed by atoms with E-state index in [1.807, 2.05) is 0 Å². The summed E-state index contributed by atoms with van der Waals surface area (Å²) in [6.45, 7) is 1.64. The van der Waals surface area contributed by atoms with E-state index in [0.29, 0.717) is 22.6 Å². The highest BCUT2D eigenvalue weighted by atomic mass is 16.5. The van der Waals surface area contributed by atoms with Crippen LogP contribution in [0.4, 0.5) is 22.7 Å². The number of pyridine rings is 1. The number of aromatic hydroxyl groups is 2. The lowest BCUT2D eigenvalue weighted by Crippen LogP contribution is -2.45. The van der Waals surface area contributed by atoms with E-state index in [1.54, 1.807) is 37.3 Å². The molecule has 2 heterocycles. The quantitative estimate of drug-likeness (QED) is 0.0588. The number of aromatic nitrogens is 4. The highest BCUT2D eigenvalue weighted by Crippen LogP contribution is 2.37. The number of carbonyl (C=O) groups excluding carboxylic acids is 5. The number of carbonyl (C=O) groups is 6. The molecule has 0 saturated heterocycles. The molecule has 9 N–H and O–H groups in total. The van der Waals surface area contributed by atoms with Gasteiger partial charge in [-0.25, -0.2) is 9.78 Å². The van der Waals surface area contributed by atoms with Crippen LogP contribution in [0.1, 0.15) is 59.7 Å². The molecule has 1 atom stereocenters. The molecule has 0 aliphatic rings. The average Bonchev–Trinajstić information content (AvgIpc) is 3.80. The summed E-state index contributed by atoms with van der Waals surface area (Å²) in [6, 6.07) is 22.2. The fourth-order valence-electron chi connectivity index (χ4n) is 5.99. The van der Waals surface area contributed by atoms with E-state index in [4.69, 9.17) is 9.47 Å². The maximum Gasteiger partial charge on any atom is 0.339 e. The molecule has 2 aromatic heterocycles. The highest BCUT2D eigenvalue weighted by molar-refractivity contribution is 6.08. The van der Waals surface area contributed by atoms with Gasteiger partial charge in [-0.3, -0.25) is 24.0 Å². The lowest BCUT2D eigenvalue weighted by molar-refractivity contribution is -0.118. The maximum atomic E-state index is 13.6. The second-order valence-electron chi connectivity index (χ2n) is 13.7. The summed E-state index contributed by atoms with van der Waals surface area (Å²) in [7, 11) is 2.47. The Morgan fingerprint density at radius 2 is 1.34 bits per heavy atom. The molecule has 6 rings (SSSR count). The van der Waals surface area contributed by atoms with Gasteiger partial charge >= 0.3 is 5.97 Å². The van der Waals surface area contributed by atoms with E-state index in [1.165, 1.54) is 87.1 Å². The third kappa shape index (κ3) is 11.0. The number of hydrogen-bond donors (Lipinski definition) is 9. The van der Waals surface area contributed by atoms with E-state index in [9.17, 15) is 44.1 Å². The number of ether oxygens (including phenoxy) is 2. The molecule has 0 bridgehead atoms. The summed E-state index contributed by atoms with van der Waals surface area (Å²) in [4.78, 5) is 81.5. The topological polar surface area (TPSA) is 296 Å². The molecule has 20 heteroatoms. The number of carboxylic acid groups (broad SMARTS) is 1. The molecular formula is C44H39N9O11. The molecule has 0 spiro atoms. The Kier molecular flexibility index (Phi) is 13.9. The number of rotatable bonds is 16. The number of nitrogens with zero attached hydrogens (tertiary/aromatic N) is 3. The number of H-pyrrole nitrogens is 1. The summed E-state index contributed by atoms with van der Waals surface area (Å²) in [6.07, 6.45) is 3.05. The molecule has 0 radical (unpaired) electrons. The van der Waals surface area contributed by atoms with E-state index in [-0.39, 0.29) is 57.9 Å². The summed E-state index contributed by atoms with van der Waals surface area (Å²) in [5, 5.41) is 52.7. The smallest absolute Gasteiger partial charge is 0.339 e. The first-order chi connectivity index (χ1) is 30.7. The SMILES string of the molecule is COc1nc(C(=O)Nc2ccc(C(=O)O)c(O)c2OC)ccc1NC(=O)c1ccc(NC(=O)C(Cc2cn[nH]n2)NC(=O)c2ccc(NC(=O)/C(C)=C/c3ccc(O)cc3)cc2)cc1. The van der Waals surface area contributed by atoms with E-state index < -0.39 is 47.0 Å². The number of aromatic amines is 1. The summed E-state index contributed by atoms with van der Waals surface area (Å²) < 4.78 is 10.4. The minimum Gasteiger partial charge on any atom is -0.508 e. The monoisotopic (exact) mass is 869 g/mol. The number of anilines is 4. The first-order valence-electron chi connectivity index (χ1n) is 19.0. The molecule has 0 fully saturated rings.